The lowest BCUT2D eigenvalue weighted by molar-refractivity contribution is -0.137. The Hall–Kier alpha value is -3.17. The number of nitrogens with one attached hydrogen (secondary N) is 1. The van der Waals surface area contributed by atoms with Crippen LogP contribution in [-0.4, -0.2) is 25.2 Å². The largest absolute Gasteiger partial charge is 0.418 e. The summed E-state index contributed by atoms with van der Waals surface area (Å²) in [5.74, 6) is -0.882. The third-order valence-corrected chi connectivity index (χ3v) is 6.22. The minimum absolute atomic E-state index is 0.0191. The number of benzene rings is 3. The van der Waals surface area contributed by atoms with Gasteiger partial charge in [-0.25, -0.2) is 8.42 Å². The van der Waals surface area contributed by atoms with E-state index in [4.69, 9.17) is 0 Å². The standard InChI is InChI=1S/C22H19F3N2O3S/c23-22(24,25)19-13-7-8-14-20(19)26-21(28)16-27(15-17-9-3-1-4-10-17)31(29,30)18-11-5-2-6-12-18/h1-14H,15-16H2,(H,26,28). The summed E-state index contributed by atoms with van der Waals surface area (Å²) in [5.41, 5.74) is -0.814. The lowest BCUT2D eigenvalue weighted by Gasteiger charge is -2.22. The maximum absolute atomic E-state index is 13.2. The topological polar surface area (TPSA) is 66.5 Å². The summed E-state index contributed by atoms with van der Waals surface area (Å²) in [6.07, 6.45) is -4.66. The molecule has 0 aliphatic carbocycles. The van der Waals surface area contributed by atoms with E-state index in [9.17, 15) is 26.4 Å². The van der Waals surface area contributed by atoms with Gasteiger partial charge in [0, 0.05) is 6.54 Å². The van der Waals surface area contributed by atoms with Gasteiger partial charge in [-0.1, -0.05) is 60.7 Å². The number of nitrogens with zero attached hydrogens (tertiary/aromatic N) is 1. The zero-order chi connectivity index (χ0) is 22.5. The molecule has 9 heteroatoms. The van der Waals surface area contributed by atoms with Gasteiger partial charge in [0.1, 0.15) is 0 Å². The molecule has 3 aromatic carbocycles. The molecule has 0 aliphatic heterocycles. The van der Waals surface area contributed by atoms with Crippen molar-refractivity contribution >= 4 is 21.6 Å². The van der Waals surface area contributed by atoms with Crippen molar-refractivity contribution in [2.45, 2.75) is 17.6 Å². The summed E-state index contributed by atoms with van der Waals surface area (Å²) in [4.78, 5) is 12.6. The van der Waals surface area contributed by atoms with Gasteiger partial charge in [-0.2, -0.15) is 17.5 Å². The van der Waals surface area contributed by atoms with E-state index in [2.05, 4.69) is 5.32 Å². The monoisotopic (exact) mass is 448 g/mol. The summed E-state index contributed by atoms with van der Waals surface area (Å²) >= 11 is 0. The molecule has 162 valence electrons. The van der Waals surface area contributed by atoms with Crippen LogP contribution in [0.15, 0.2) is 89.8 Å². The van der Waals surface area contributed by atoms with Crippen LogP contribution >= 0.6 is 0 Å². The van der Waals surface area contributed by atoms with Gasteiger partial charge >= 0.3 is 6.18 Å². The van der Waals surface area contributed by atoms with Gasteiger partial charge < -0.3 is 5.32 Å². The van der Waals surface area contributed by atoms with Crippen molar-refractivity contribution in [1.82, 2.24) is 4.31 Å². The predicted octanol–water partition coefficient (Wildman–Crippen LogP) is 4.54. The number of anilines is 1. The molecule has 3 aromatic rings. The molecule has 0 unspecified atom stereocenters. The van der Waals surface area contributed by atoms with E-state index in [-0.39, 0.29) is 11.4 Å². The van der Waals surface area contributed by atoms with Gasteiger partial charge in [0.15, 0.2) is 0 Å². The summed E-state index contributed by atoms with van der Waals surface area (Å²) in [6.45, 7) is -0.773. The molecule has 3 rings (SSSR count). The third kappa shape index (κ3) is 5.71. The van der Waals surface area contributed by atoms with Crippen molar-refractivity contribution in [3.8, 4) is 0 Å². The zero-order valence-corrected chi connectivity index (χ0v) is 17.0. The maximum Gasteiger partial charge on any atom is 0.418 e. The first-order valence-corrected chi connectivity index (χ1v) is 10.7. The third-order valence-electron chi connectivity index (χ3n) is 4.41. The minimum Gasteiger partial charge on any atom is -0.324 e. The molecule has 0 saturated heterocycles. The molecule has 0 heterocycles. The number of para-hydroxylation sites is 1. The number of rotatable bonds is 7. The Morgan fingerprint density at radius 1 is 0.839 bits per heavy atom. The Balaban J connectivity index is 1.88. The van der Waals surface area contributed by atoms with Crippen molar-refractivity contribution in [3.63, 3.8) is 0 Å². The lowest BCUT2D eigenvalue weighted by Crippen LogP contribution is -2.37. The number of halogens is 3. The van der Waals surface area contributed by atoms with Crippen LogP contribution < -0.4 is 5.32 Å². The number of hydrogen-bond acceptors (Lipinski definition) is 3. The molecule has 0 bridgehead atoms. The number of sulfonamides is 1. The van der Waals surface area contributed by atoms with Gasteiger partial charge in [-0.05, 0) is 29.8 Å². The van der Waals surface area contributed by atoms with E-state index >= 15 is 0 Å². The fourth-order valence-corrected chi connectivity index (χ4v) is 4.35. The van der Waals surface area contributed by atoms with Crippen LogP contribution in [0.5, 0.6) is 0 Å². The minimum atomic E-state index is -4.66. The smallest absolute Gasteiger partial charge is 0.324 e. The van der Waals surface area contributed by atoms with Gasteiger partial charge in [0.05, 0.1) is 22.7 Å². The summed E-state index contributed by atoms with van der Waals surface area (Å²) in [6, 6.07) is 20.7. The van der Waals surface area contributed by atoms with Crippen LogP contribution in [0, 0.1) is 0 Å². The van der Waals surface area contributed by atoms with E-state index < -0.39 is 39.9 Å². The van der Waals surface area contributed by atoms with Gasteiger partial charge in [-0.15, -0.1) is 0 Å². The molecule has 0 saturated carbocycles. The molecule has 5 nitrogen and oxygen atoms in total. The van der Waals surface area contributed by atoms with Crippen molar-refractivity contribution in [2.75, 3.05) is 11.9 Å². The van der Waals surface area contributed by atoms with Gasteiger partial charge in [0.2, 0.25) is 15.9 Å². The Bertz CT molecular complexity index is 1140. The number of carbonyl (C=O) groups excluding carboxylic acids is 1. The highest BCUT2D eigenvalue weighted by Crippen LogP contribution is 2.34. The van der Waals surface area contributed by atoms with E-state index in [0.717, 1.165) is 16.4 Å². The van der Waals surface area contributed by atoms with Crippen molar-refractivity contribution in [1.29, 1.82) is 0 Å². The highest BCUT2D eigenvalue weighted by Gasteiger charge is 2.34. The fraction of sp³-hybridized carbons (Fsp3) is 0.136. The molecule has 0 fully saturated rings. The second-order valence-electron chi connectivity index (χ2n) is 6.66. The average Bonchev–Trinajstić information content (AvgIpc) is 2.74. The fourth-order valence-electron chi connectivity index (χ4n) is 2.94. The highest BCUT2D eigenvalue weighted by molar-refractivity contribution is 7.89. The summed E-state index contributed by atoms with van der Waals surface area (Å²) in [5, 5.41) is 2.19. The number of alkyl halides is 3. The molecule has 0 spiro atoms. The van der Waals surface area contributed by atoms with Crippen molar-refractivity contribution in [3.05, 3.63) is 96.1 Å². The molecular weight excluding hydrogens is 429 g/mol. The van der Waals surface area contributed by atoms with Crippen LogP contribution in [-0.2, 0) is 27.5 Å². The Kier molecular flexibility index (Phi) is 6.77. The normalized spacial score (nSPS) is 12.0. The van der Waals surface area contributed by atoms with Gasteiger partial charge in [0.25, 0.3) is 0 Å². The second kappa shape index (κ2) is 9.32. The molecule has 0 radical (unpaired) electrons. The Morgan fingerprint density at radius 2 is 1.39 bits per heavy atom. The predicted molar refractivity (Wildman–Crippen MR) is 111 cm³/mol. The van der Waals surface area contributed by atoms with Crippen LogP contribution in [0.3, 0.4) is 0 Å². The first kappa shape index (κ1) is 22.5. The van der Waals surface area contributed by atoms with Gasteiger partial charge in [-0.3, -0.25) is 4.79 Å². The quantitative estimate of drug-likeness (QED) is 0.577. The molecule has 1 amide bonds. The average molecular weight is 448 g/mol. The Labute approximate surface area is 178 Å². The van der Waals surface area contributed by atoms with Crippen LogP contribution in [0.1, 0.15) is 11.1 Å². The SMILES string of the molecule is O=C(CN(Cc1ccccc1)S(=O)(=O)c1ccccc1)Nc1ccccc1C(F)(F)F. The molecular formula is C22H19F3N2O3S. The summed E-state index contributed by atoms with van der Waals surface area (Å²) in [7, 11) is -4.07. The van der Waals surface area contributed by atoms with Crippen molar-refractivity contribution in [2.24, 2.45) is 0 Å². The molecule has 0 aromatic heterocycles. The highest BCUT2D eigenvalue weighted by atomic mass is 32.2. The second-order valence-corrected chi connectivity index (χ2v) is 8.60. The van der Waals surface area contributed by atoms with E-state index in [1.165, 1.54) is 24.3 Å². The number of hydrogen-bond donors (Lipinski definition) is 1. The van der Waals surface area contributed by atoms with Crippen LogP contribution in [0.4, 0.5) is 18.9 Å². The number of amides is 1. The van der Waals surface area contributed by atoms with Crippen LogP contribution in [0.25, 0.3) is 0 Å². The lowest BCUT2D eigenvalue weighted by atomic mass is 10.1. The maximum atomic E-state index is 13.2. The first-order valence-electron chi connectivity index (χ1n) is 9.23. The molecule has 31 heavy (non-hydrogen) atoms. The van der Waals surface area contributed by atoms with E-state index in [0.29, 0.717) is 5.56 Å². The van der Waals surface area contributed by atoms with E-state index in [1.54, 1.807) is 48.5 Å². The molecule has 0 aliphatic rings. The Morgan fingerprint density at radius 3 is 2.00 bits per heavy atom. The number of carbonyl (C=O) groups is 1. The van der Waals surface area contributed by atoms with E-state index in [1.807, 2.05) is 0 Å². The van der Waals surface area contributed by atoms with Crippen LogP contribution in [0.2, 0.25) is 0 Å². The molecule has 0 atom stereocenters. The summed E-state index contributed by atoms with van der Waals surface area (Å²) < 4.78 is 66.8. The zero-order valence-electron chi connectivity index (χ0n) is 16.2. The molecule has 1 N–H and O–H groups in total. The first-order chi connectivity index (χ1) is 14.7. The van der Waals surface area contributed by atoms with Crippen molar-refractivity contribution < 1.29 is 26.4 Å².